The summed E-state index contributed by atoms with van der Waals surface area (Å²) in [6.45, 7) is 8.97. The second kappa shape index (κ2) is 7.82. The maximum absolute atomic E-state index is 12.7. The molecule has 2 aliphatic rings. The van der Waals surface area contributed by atoms with Gasteiger partial charge in [-0.15, -0.1) is 0 Å². The molecule has 2 fully saturated rings. The molecule has 0 radical (unpaired) electrons. The van der Waals surface area contributed by atoms with E-state index in [0.717, 1.165) is 11.1 Å². The summed E-state index contributed by atoms with van der Waals surface area (Å²) in [5.74, 6) is -0.909. The van der Waals surface area contributed by atoms with Gasteiger partial charge in [0.15, 0.2) is 12.0 Å². The molecule has 164 valence electrons. The van der Waals surface area contributed by atoms with Crippen molar-refractivity contribution in [2.75, 3.05) is 25.6 Å². The van der Waals surface area contributed by atoms with Gasteiger partial charge in [0.25, 0.3) is 5.56 Å². The highest BCUT2D eigenvalue weighted by Gasteiger charge is 2.56. The van der Waals surface area contributed by atoms with Crippen LogP contribution in [0.25, 0.3) is 0 Å². The topological polar surface area (TPSA) is 124 Å². The summed E-state index contributed by atoms with van der Waals surface area (Å²) in [5.41, 5.74) is -2.15. The number of ether oxygens (including phenoxy) is 5. The number of methoxy groups -OCH3 is 1. The number of nitrogens with zero attached hydrogens (tertiary/aromatic N) is 2. The minimum Gasteiger partial charge on any atom is -0.359 e. The summed E-state index contributed by atoms with van der Waals surface area (Å²) in [5, 5.41) is 11.5. The monoisotopic (exact) mass is 415 g/mol. The van der Waals surface area contributed by atoms with E-state index in [1.807, 2.05) is 0 Å². The van der Waals surface area contributed by atoms with Gasteiger partial charge in [0.2, 0.25) is 0 Å². The Hall–Kier alpha value is -1.76. The molecule has 0 aliphatic carbocycles. The van der Waals surface area contributed by atoms with Crippen LogP contribution in [0.1, 0.15) is 40.8 Å². The minimum atomic E-state index is -0.950. The Morgan fingerprint density at radius 3 is 2.55 bits per heavy atom. The van der Waals surface area contributed by atoms with E-state index < -0.39 is 47.1 Å². The lowest BCUT2D eigenvalue weighted by Crippen LogP contribution is -2.46. The number of rotatable bonds is 6. The summed E-state index contributed by atoms with van der Waals surface area (Å²) in [4.78, 5) is 26.9. The maximum atomic E-state index is 12.7. The van der Waals surface area contributed by atoms with Gasteiger partial charge >= 0.3 is 5.69 Å². The van der Waals surface area contributed by atoms with Gasteiger partial charge in [-0.25, -0.2) is 14.4 Å². The van der Waals surface area contributed by atoms with E-state index in [1.54, 1.807) is 34.6 Å². The lowest BCUT2D eigenvalue weighted by atomic mass is 10.1. The molecule has 11 nitrogen and oxygen atoms in total. The van der Waals surface area contributed by atoms with Crippen molar-refractivity contribution in [1.82, 2.24) is 9.55 Å². The molecule has 2 saturated heterocycles. The van der Waals surface area contributed by atoms with Crippen molar-refractivity contribution in [3.8, 4) is 0 Å². The molecule has 0 unspecified atom stereocenters. The van der Waals surface area contributed by atoms with Crippen molar-refractivity contribution in [3.05, 3.63) is 26.9 Å². The SMILES string of the molecule is COCOC[C@H]1O[C@@H](n2c(N(O)C(C)(C)C)cc(=O)[nH]c2=O)[C@@H]2OC(C)(C)O[C@@H]21. The fraction of sp³-hybridized carbons (Fsp3) is 0.778. The van der Waals surface area contributed by atoms with Gasteiger partial charge in [0.05, 0.1) is 12.1 Å². The van der Waals surface area contributed by atoms with Crippen LogP contribution in [0.3, 0.4) is 0 Å². The van der Waals surface area contributed by atoms with Gasteiger partial charge in [0, 0.05) is 13.2 Å². The summed E-state index contributed by atoms with van der Waals surface area (Å²) in [6.07, 6.45) is -2.66. The Bertz CT molecular complexity index is 843. The third-order valence-electron chi connectivity index (χ3n) is 4.67. The van der Waals surface area contributed by atoms with Crippen molar-refractivity contribution >= 4 is 5.82 Å². The second-order valence-electron chi connectivity index (χ2n) is 8.56. The van der Waals surface area contributed by atoms with E-state index in [-0.39, 0.29) is 19.2 Å². The third-order valence-corrected chi connectivity index (χ3v) is 4.67. The first-order valence-electron chi connectivity index (χ1n) is 9.37. The highest BCUT2D eigenvalue weighted by atomic mass is 16.8. The minimum absolute atomic E-state index is 0.0123. The van der Waals surface area contributed by atoms with Gasteiger partial charge in [-0.1, -0.05) is 0 Å². The number of anilines is 1. The number of aromatic nitrogens is 2. The van der Waals surface area contributed by atoms with Crippen LogP contribution < -0.4 is 16.3 Å². The molecule has 29 heavy (non-hydrogen) atoms. The van der Waals surface area contributed by atoms with Crippen LogP contribution in [0.5, 0.6) is 0 Å². The number of nitrogens with one attached hydrogen (secondary N) is 1. The summed E-state index contributed by atoms with van der Waals surface area (Å²) >= 11 is 0. The number of hydrogen-bond donors (Lipinski definition) is 2. The van der Waals surface area contributed by atoms with Crippen LogP contribution in [0.15, 0.2) is 15.7 Å². The zero-order chi connectivity index (χ0) is 21.6. The molecule has 4 atom stereocenters. The van der Waals surface area contributed by atoms with E-state index in [9.17, 15) is 14.8 Å². The number of fused-ring (bicyclic) bond motifs is 1. The van der Waals surface area contributed by atoms with Gasteiger partial charge < -0.3 is 23.7 Å². The quantitative estimate of drug-likeness (QED) is 0.390. The van der Waals surface area contributed by atoms with E-state index in [1.165, 1.54) is 11.7 Å². The number of H-pyrrole nitrogens is 1. The summed E-state index contributed by atoms with van der Waals surface area (Å²) in [7, 11) is 1.51. The van der Waals surface area contributed by atoms with Crippen molar-refractivity contribution in [2.24, 2.45) is 0 Å². The third kappa shape index (κ3) is 4.39. The normalized spacial score (nSPS) is 28.5. The van der Waals surface area contributed by atoms with Crippen LogP contribution in [0.2, 0.25) is 0 Å². The average molecular weight is 415 g/mol. The molecule has 1 aromatic rings. The number of aromatic amines is 1. The van der Waals surface area contributed by atoms with E-state index in [4.69, 9.17) is 23.7 Å². The van der Waals surface area contributed by atoms with E-state index >= 15 is 0 Å². The Labute approximate surface area is 168 Å². The molecule has 0 saturated carbocycles. The van der Waals surface area contributed by atoms with Crippen LogP contribution in [-0.4, -0.2) is 64.9 Å². The highest BCUT2D eigenvalue weighted by molar-refractivity contribution is 5.38. The lowest BCUT2D eigenvalue weighted by Gasteiger charge is -2.34. The predicted octanol–water partition coefficient (Wildman–Crippen LogP) is 0.569. The fourth-order valence-corrected chi connectivity index (χ4v) is 3.49. The Morgan fingerprint density at radius 1 is 1.28 bits per heavy atom. The van der Waals surface area contributed by atoms with Crippen LogP contribution in [-0.2, 0) is 23.7 Å². The Kier molecular flexibility index (Phi) is 5.91. The Morgan fingerprint density at radius 2 is 1.93 bits per heavy atom. The van der Waals surface area contributed by atoms with Gasteiger partial charge in [-0.2, -0.15) is 0 Å². The smallest absolute Gasteiger partial charge is 0.332 e. The molecule has 3 heterocycles. The zero-order valence-electron chi connectivity index (χ0n) is 17.5. The molecule has 0 aromatic carbocycles. The second-order valence-corrected chi connectivity index (χ2v) is 8.56. The first-order chi connectivity index (χ1) is 13.4. The van der Waals surface area contributed by atoms with Gasteiger partial charge in [0.1, 0.15) is 30.9 Å². The molecule has 2 N–H and O–H groups in total. The fourth-order valence-electron chi connectivity index (χ4n) is 3.49. The van der Waals surface area contributed by atoms with Gasteiger partial charge in [-0.3, -0.25) is 15.0 Å². The number of hydroxylamine groups is 1. The van der Waals surface area contributed by atoms with Crippen molar-refractivity contribution in [2.45, 2.75) is 70.5 Å². The number of hydrogen-bond acceptors (Lipinski definition) is 9. The van der Waals surface area contributed by atoms with Crippen molar-refractivity contribution < 1.29 is 28.9 Å². The molecular weight excluding hydrogens is 386 g/mol. The molecule has 3 rings (SSSR count). The van der Waals surface area contributed by atoms with Gasteiger partial charge in [-0.05, 0) is 34.6 Å². The first kappa shape index (κ1) is 21.9. The molecule has 2 aliphatic heterocycles. The van der Waals surface area contributed by atoms with E-state index in [2.05, 4.69) is 4.98 Å². The standard InChI is InChI=1S/C18H29N3O8/c1-17(2,3)21(24)12-7-11(22)19-16(23)20(12)15-14-13(28-18(4,5)29-14)10(27-15)8-26-9-25-6/h7,10,13-15,24H,8-9H2,1-6H3,(H,19,22,23)/t10-,13-,14-,15-/m1/s1. The average Bonchev–Trinajstić information content (AvgIpc) is 3.07. The lowest BCUT2D eigenvalue weighted by molar-refractivity contribution is -0.205. The summed E-state index contributed by atoms with van der Waals surface area (Å²) < 4.78 is 29.5. The van der Waals surface area contributed by atoms with Crippen LogP contribution in [0.4, 0.5) is 5.82 Å². The van der Waals surface area contributed by atoms with Crippen LogP contribution >= 0.6 is 0 Å². The van der Waals surface area contributed by atoms with E-state index in [0.29, 0.717) is 0 Å². The maximum Gasteiger partial charge on any atom is 0.332 e. The molecular formula is C18H29N3O8. The van der Waals surface area contributed by atoms with Crippen molar-refractivity contribution in [3.63, 3.8) is 0 Å². The molecule has 0 amide bonds. The first-order valence-corrected chi connectivity index (χ1v) is 9.37. The molecule has 0 spiro atoms. The highest BCUT2D eigenvalue weighted by Crippen LogP contribution is 2.43. The predicted molar refractivity (Wildman–Crippen MR) is 101 cm³/mol. The summed E-state index contributed by atoms with van der Waals surface area (Å²) in [6, 6.07) is 1.14. The molecule has 11 heteroatoms. The van der Waals surface area contributed by atoms with Crippen molar-refractivity contribution in [1.29, 1.82) is 0 Å². The van der Waals surface area contributed by atoms with Crippen LogP contribution in [0, 0.1) is 0 Å². The zero-order valence-corrected chi connectivity index (χ0v) is 17.5. The molecule has 0 bridgehead atoms. The molecule has 1 aromatic heterocycles. The Balaban J connectivity index is 2.03. The largest absolute Gasteiger partial charge is 0.359 e.